The lowest BCUT2D eigenvalue weighted by molar-refractivity contribution is -0.114. The lowest BCUT2D eigenvalue weighted by Gasteiger charge is -2.25. The van der Waals surface area contributed by atoms with Crippen LogP contribution in [0.4, 0.5) is 5.69 Å². The summed E-state index contributed by atoms with van der Waals surface area (Å²) in [6.07, 6.45) is 6.11. The Morgan fingerprint density at radius 1 is 1.24 bits per heavy atom. The number of fused-ring (bicyclic) bond motifs is 1. The van der Waals surface area contributed by atoms with Crippen molar-refractivity contribution in [2.45, 2.75) is 62.9 Å². The average Bonchev–Trinajstić information content (AvgIpc) is 3.06. The van der Waals surface area contributed by atoms with Crippen molar-refractivity contribution in [2.24, 2.45) is 0 Å². The summed E-state index contributed by atoms with van der Waals surface area (Å²) in [5, 5.41) is 13.1. The summed E-state index contributed by atoms with van der Waals surface area (Å²) in [4.78, 5) is 23.4. The molecule has 7 nitrogen and oxygen atoms in total. The van der Waals surface area contributed by atoms with Gasteiger partial charge in [0.1, 0.15) is 11.4 Å². The van der Waals surface area contributed by atoms with Gasteiger partial charge >= 0.3 is 5.63 Å². The number of benzene rings is 1. The van der Waals surface area contributed by atoms with Crippen LogP contribution in [0.2, 0.25) is 0 Å². The Bertz CT molecular complexity index is 1100. The third kappa shape index (κ3) is 4.37. The first kappa shape index (κ1) is 19.7. The van der Waals surface area contributed by atoms with Gasteiger partial charge in [-0.25, -0.2) is 4.79 Å². The van der Waals surface area contributed by atoms with Gasteiger partial charge in [0.15, 0.2) is 5.16 Å². The number of nitrogens with one attached hydrogen (secondary N) is 1. The van der Waals surface area contributed by atoms with Crippen LogP contribution in [0, 0.1) is 6.92 Å². The Labute approximate surface area is 172 Å². The molecular weight excluding hydrogens is 388 g/mol. The quantitative estimate of drug-likeness (QED) is 0.492. The summed E-state index contributed by atoms with van der Waals surface area (Å²) in [7, 11) is 0. The highest BCUT2D eigenvalue weighted by Gasteiger charge is 2.21. The van der Waals surface area contributed by atoms with Crippen LogP contribution in [0.5, 0.6) is 0 Å². The minimum absolute atomic E-state index is 0.171. The molecule has 0 unspecified atom stereocenters. The van der Waals surface area contributed by atoms with Crippen molar-refractivity contribution in [3.8, 4) is 0 Å². The first-order valence-electron chi connectivity index (χ1n) is 9.90. The Morgan fingerprint density at radius 3 is 2.79 bits per heavy atom. The van der Waals surface area contributed by atoms with E-state index in [1.165, 1.54) is 32.3 Å². The Kier molecular flexibility index (Phi) is 5.71. The number of amides is 1. The maximum absolute atomic E-state index is 12.1. The summed E-state index contributed by atoms with van der Waals surface area (Å²) in [5.41, 5.74) is 1.54. The van der Waals surface area contributed by atoms with Crippen LogP contribution in [0.15, 0.2) is 38.6 Å². The maximum Gasteiger partial charge on any atom is 0.336 e. The second-order valence-corrected chi connectivity index (χ2v) is 8.41. The van der Waals surface area contributed by atoms with Crippen molar-refractivity contribution in [1.29, 1.82) is 0 Å². The summed E-state index contributed by atoms with van der Waals surface area (Å²) in [5.74, 6) is 1.36. The van der Waals surface area contributed by atoms with Gasteiger partial charge in [-0.15, -0.1) is 10.2 Å². The smallest absolute Gasteiger partial charge is 0.336 e. The molecule has 1 aliphatic carbocycles. The molecule has 0 saturated heterocycles. The van der Waals surface area contributed by atoms with E-state index in [1.54, 1.807) is 17.8 Å². The average molecular weight is 413 g/mol. The summed E-state index contributed by atoms with van der Waals surface area (Å²) < 4.78 is 7.61. The van der Waals surface area contributed by atoms with Crippen molar-refractivity contribution in [3.63, 3.8) is 0 Å². The molecular formula is C21H24N4O3S. The number of hydrogen-bond donors (Lipinski definition) is 1. The third-order valence-electron chi connectivity index (χ3n) is 5.28. The normalized spacial score (nSPS) is 15.0. The Morgan fingerprint density at radius 2 is 2.03 bits per heavy atom. The number of aromatic nitrogens is 3. The molecule has 0 spiro atoms. The van der Waals surface area contributed by atoms with E-state index in [0.29, 0.717) is 23.1 Å². The molecule has 4 rings (SSSR count). The van der Waals surface area contributed by atoms with Gasteiger partial charge in [-0.3, -0.25) is 4.79 Å². The predicted octanol–water partition coefficient (Wildman–Crippen LogP) is 4.45. The molecule has 1 fully saturated rings. The molecule has 1 saturated carbocycles. The highest BCUT2D eigenvalue weighted by molar-refractivity contribution is 7.98. The second-order valence-electron chi connectivity index (χ2n) is 7.46. The molecule has 0 atom stereocenters. The molecule has 1 N–H and O–H groups in total. The minimum Gasteiger partial charge on any atom is -0.423 e. The topological polar surface area (TPSA) is 90.0 Å². The number of rotatable bonds is 5. The van der Waals surface area contributed by atoms with Gasteiger partial charge in [-0.1, -0.05) is 31.0 Å². The van der Waals surface area contributed by atoms with Crippen LogP contribution in [0.1, 0.15) is 56.5 Å². The molecule has 8 heteroatoms. The lowest BCUT2D eigenvalue weighted by atomic mass is 9.95. The lowest BCUT2D eigenvalue weighted by Crippen LogP contribution is -2.15. The van der Waals surface area contributed by atoms with E-state index in [1.807, 2.05) is 19.1 Å². The van der Waals surface area contributed by atoms with Gasteiger partial charge in [-0.05, 0) is 37.5 Å². The van der Waals surface area contributed by atoms with Gasteiger partial charge < -0.3 is 14.3 Å². The van der Waals surface area contributed by atoms with Gasteiger partial charge in [0.25, 0.3) is 0 Å². The van der Waals surface area contributed by atoms with Crippen molar-refractivity contribution in [1.82, 2.24) is 14.8 Å². The van der Waals surface area contributed by atoms with E-state index in [2.05, 4.69) is 20.1 Å². The van der Waals surface area contributed by atoms with Crippen molar-refractivity contribution in [2.75, 3.05) is 5.32 Å². The number of carbonyl (C=O) groups is 1. The molecule has 0 bridgehead atoms. The van der Waals surface area contributed by atoms with Crippen LogP contribution in [0.3, 0.4) is 0 Å². The maximum atomic E-state index is 12.1. The van der Waals surface area contributed by atoms with Crippen LogP contribution in [-0.4, -0.2) is 20.7 Å². The van der Waals surface area contributed by atoms with Crippen LogP contribution in [0.25, 0.3) is 11.0 Å². The van der Waals surface area contributed by atoms with E-state index >= 15 is 0 Å². The van der Waals surface area contributed by atoms with E-state index in [0.717, 1.165) is 34.8 Å². The van der Waals surface area contributed by atoms with E-state index in [-0.39, 0.29) is 5.91 Å². The number of anilines is 1. The summed E-state index contributed by atoms with van der Waals surface area (Å²) in [6, 6.07) is 7.35. The summed E-state index contributed by atoms with van der Waals surface area (Å²) >= 11 is 1.59. The SMILES string of the molecule is CC(=O)Nc1ccc2c(CSc3nnc(C)n3C3CCCCC3)cc(=O)oc2c1. The molecule has 1 aliphatic rings. The monoisotopic (exact) mass is 412 g/mol. The molecule has 1 aromatic carbocycles. The molecule has 152 valence electrons. The zero-order valence-corrected chi connectivity index (χ0v) is 17.4. The first-order valence-corrected chi connectivity index (χ1v) is 10.9. The van der Waals surface area contributed by atoms with Gasteiger partial charge in [-0.2, -0.15) is 0 Å². The van der Waals surface area contributed by atoms with Crippen LogP contribution in [-0.2, 0) is 10.5 Å². The summed E-state index contributed by atoms with van der Waals surface area (Å²) in [6.45, 7) is 3.44. The largest absolute Gasteiger partial charge is 0.423 e. The molecule has 0 aliphatic heterocycles. The fourth-order valence-electron chi connectivity index (χ4n) is 3.98. The molecule has 3 aromatic rings. The zero-order valence-electron chi connectivity index (χ0n) is 16.6. The number of aryl methyl sites for hydroxylation is 1. The molecule has 0 radical (unpaired) electrons. The molecule has 2 heterocycles. The minimum atomic E-state index is -0.405. The van der Waals surface area contributed by atoms with Crippen LogP contribution >= 0.6 is 11.8 Å². The van der Waals surface area contributed by atoms with Crippen LogP contribution < -0.4 is 10.9 Å². The fraction of sp³-hybridized carbons (Fsp3) is 0.429. The first-order chi connectivity index (χ1) is 14.0. The number of carbonyl (C=O) groups excluding carboxylic acids is 1. The predicted molar refractivity (Wildman–Crippen MR) is 113 cm³/mol. The molecule has 1 amide bonds. The standard InChI is InChI=1S/C21H24N4O3S/c1-13-23-24-21(25(13)17-6-4-3-5-7-17)29-12-15-10-20(27)28-19-11-16(22-14(2)26)8-9-18(15)19/h8-11,17H,3-7,12H2,1-2H3,(H,22,26). The second kappa shape index (κ2) is 8.41. The van der Waals surface area contributed by atoms with Gasteiger partial charge in [0.2, 0.25) is 5.91 Å². The number of nitrogens with zero attached hydrogens (tertiary/aromatic N) is 3. The van der Waals surface area contributed by atoms with Crippen molar-refractivity contribution < 1.29 is 9.21 Å². The van der Waals surface area contributed by atoms with E-state index in [9.17, 15) is 9.59 Å². The van der Waals surface area contributed by atoms with Crippen molar-refractivity contribution in [3.05, 3.63) is 46.1 Å². The highest BCUT2D eigenvalue weighted by atomic mass is 32.2. The highest BCUT2D eigenvalue weighted by Crippen LogP contribution is 2.34. The van der Waals surface area contributed by atoms with E-state index in [4.69, 9.17) is 4.42 Å². The number of thioether (sulfide) groups is 1. The molecule has 2 aromatic heterocycles. The van der Waals surface area contributed by atoms with Gasteiger partial charge in [0.05, 0.1) is 0 Å². The Hall–Kier alpha value is -2.61. The van der Waals surface area contributed by atoms with Crippen molar-refractivity contribution >= 4 is 34.3 Å². The Balaban J connectivity index is 1.60. The molecule has 29 heavy (non-hydrogen) atoms. The fourth-order valence-corrected chi connectivity index (χ4v) is 5.02. The zero-order chi connectivity index (χ0) is 20.4. The van der Waals surface area contributed by atoms with Gasteiger partial charge in [0, 0.05) is 41.9 Å². The third-order valence-corrected chi connectivity index (χ3v) is 6.27. The van der Waals surface area contributed by atoms with E-state index < -0.39 is 5.63 Å². The number of hydrogen-bond acceptors (Lipinski definition) is 6.